The van der Waals surface area contributed by atoms with E-state index in [9.17, 15) is 33.4 Å². The molecular formula is C7H4F3N3O4. The summed E-state index contributed by atoms with van der Waals surface area (Å²) in [6.45, 7) is 0. The number of benzene rings is 1. The number of hydrogen-bond acceptors (Lipinski definition) is 5. The lowest BCUT2D eigenvalue weighted by Crippen LogP contribution is -2.12. The molecule has 17 heavy (non-hydrogen) atoms. The van der Waals surface area contributed by atoms with Gasteiger partial charge in [-0.1, -0.05) is 0 Å². The Kier molecular flexibility index (Phi) is 2.90. The highest BCUT2D eigenvalue weighted by atomic mass is 19.4. The molecule has 7 nitrogen and oxygen atoms in total. The molecule has 2 N–H and O–H groups in total. The van der Waals surface area contributed by atoms with E-state index in [0.717, 1.165) is 0 Å². The summed E-state index contributed by atoms with van der Waals surface area (Å²) < 4.78 is 37.2. The van der Waals surface area contributed by atoms with Crippen LogP contribution in [-0.4, -0.2) is 9.85 Å². The lowest BCUT2D eigenvalue weighted by molar-refractivity contribution is -0.423. The summed E-state index contributed by atoms with van der Waals surface area (Å²) in [5, 5.41) is 21.0. The monoisotopic (exact) mass is 251 g/mol. The molecule has 0 unspecified atom stereocenters. The predicted octanol–water partition coefficient (Wildman–Crippen LogP) is 2.10. The number of halogens is 3. The molecule has 0 heterocycles. The predicted molar refractivity (Wildman–Crippen MR) is 49.2 cm³/mol. The van der Waals surface area contributed by atoms with Crippen molar-refractivity contribution in [3.8, 4) is 0 Å². The number of nitro groups is 2. The van der Waals surface area contributed by atoms with Gasteiger partial charge in [0.15, 0.2) is 0 Å². The second-order valence-electron chi connectivity index (χ2n) is 2.91. The average molecular weight is 251 g/mol. The maximum atomic E-state index is 12.4. The first-order valence-electron chi connectivity index (χ1n) is 3.94. The van der Waals surface area contributed by atoms with Crippen LogP contribution in [0.15, 0.2) is 12.1 Å². The van der Waals surface area contributed by atoms with Crippen molar-refractivity contribution >= 4 is 17.1 Å². The molecule has 0 spiro atoms. The quantitative estimate of drug-likeness (QED) is 0.491. The first-order chi connectivity index (χ1) is 7.66. The summed E-state index contributed by atoms with van der Waals surface area (Å²) in [6.07, 6.45) is -5.07. The molecule has 1 aromatic rings. The summed E-state index contributed by atoms with van der Waals surface area (Å²) >= 11 is 0. The van der Waals surface area contributed by atoms with Gasteiger partial charge in [0, 0.05) is 0 Å². The molecular weight excluding hydrogens is 247 g/mol. The van der Waals surface area contributed by atoms with Crippen LogP contribution < -0.4 is 5.73 Å². The minimum Gasteiger partial charge on any atom is -0.393 e. The molecule has 0 aliphatic carbocycles. The maximum absolute atomic E-state index is 12.4. The van der Waals surface area contributed by atoms with E-state index in [0.29, 0.717) is 12.1 Å². The van der Waals surface area contributed by atoms with Crippen molar-refractivity contribution in [1.29, 1.82) is 0 Å². The fraction of sp³-hybridized carbons (Fsp3) is 0.143. The van der Waals surface area contributed by atoms with Crippen molar-refractivity contribution in [3.05, 3.63) is 37.9 Å². The standard InChI is InChI=1S/C7H4F3N3O4/c8-7(9,10)3-1-2-4(11)6(13(16)17)5(3)12(14)15/h1-2H,11H2. The van der Waals surface area contributed by atoms with Gasteiger partial charge in [0.25, 0.3) is 0 Å². The molecule has 0 fully saturated rings. The number of rotatable bonds is 2. The van der Waals surface area contributed by atoms with Crippen LogP contribution in [0.2, 0.25) is 0 Å². The first-order valence-corrected chi connectivity index (χ1v) is 3.94. The van der Waals surface area contributed by atoms with E-state index in [1.165, 1.54) is 0 Å². The van der Waals surface area contributed by atoms with Crippen molar-refractivity contribution in [2.45, 2.75) is 6.18 Å². The Morgan fingerprint density at radius 2 is 1.53 bits per heavy atom. The third-order valence-corrected chi connectivity index (χ3v) is 1.85. The molecule has 1 aromatic carbocycles. The van der Waals surface area contributed by atoms with Gasteiger partial charge in [0.1, 0.15) is 11.3 Å². The van der Waals surface area contributed by atoms with Crippen molar-refractivity contribution in [2.75, 3.05) is 5.73 Å². The molecule has 0 bridgehead atoms. The Bertz CT molecular complexity index is 500. The third kappa shape index (κ3) is 2.24. The number of alkyl halides is 3. The van der Waals surface area contributed by atoms with E-state index in [-0.39, 0.29) is 0 Å². The first kappa shape index (κ1) is 12.7. The summed E-state index contributed by atoms with van der Waals surface area (Å²) in [5.41, 5.74) is -0.353. The van der Waals surface area contributed by atoms with Crippen molar-refractivity contribution in [2.24, 2.45) is 0 Å². The summed E-state index contributed by atoms with van der Waals surface area (Å²) in [5.74, 6) is 0. The van der Waals surface area contributed by atoms with Gasteiger partial charge >= 0.3 is 17.6 Å². The zero-order valence-corrected chi connectivity index (χ0v) is 7.89. The van der Waals surface area contributed by atoms with Crippen molar-refractivity contribution < 1.29 is 23.0 Å². The Labute approximate surface area is 90.9 Å². The van der Waals surface area contributed by atoms with E-state index < -0.39 is 38.6 Å². The van der Waals surface area contributed by atoms with Gasteiger partial charge in [-0.3, -0.25) is 20.2 Å². The Morgan fingerprint density at radius 3 is 1.88 bits per heavy atom. The van der Waals surface area contributed by atoms with Crippen LogP contribution in [0.25, 0.3) is 0 Å². The Hall–Kier alpha value is -2.39. The summed E-state index contributed by atoms with van der Waals surface area (Å²) in [7, 11) is 0. The zero-order chi connectivity index (χ0) is 13.4. The summed E-state index contributed by atoms with van der Waals surface area (Å²) in [4.78, 5) is 18.2. The van der Waals surface area contributed by atoms with Crippen LogP contribution >= 0.6 is 0 Å². The number of nitrogens with two attached hydrogens (primary N) is 1. The van der Waals surface area contributed by atoms with Gasteiger partial charge in [-0.05, 0) is 12.1 Å². The number of hydrogen-bond donors (Lipinski definition) is 1. The van der Waals surface area contributed by atoms with Crippen LogP contribution in [0.4, 0.5) is 30.2 Å². The van der Waals surface area contributed by atoms with Gasteiger partial charge in [-0.2, -0.15) is 13.2 Å². The molecule has 10 heteroatoms. The fourth-order valence-electron chi connectivity index (χ4n) is 1.20. The van der Waals surface area contributed by atoms with E-state index in [1.807, 2.05) is 0 Å². The van der Waals surface area contributed by atoms with Crippen molar-refractivity contribution in [3.63, 3.8) is 0 Å². The molecule has 0 aromatic heterocycles. The largest absolute Gasteiger partial charge is 0.423 e. The molecule has 0 atom stereocenters. The van der Waals surface area contributed by atoms with Gasteiger partial charge < -0.3 is 5.73 Å². The second-order valence-corrected chi connectivity index (χ2v) is 2.91. The fourth-order valence-corrected chi connectivity index (χ4v) is 1.20. The van der Waals surface area contributed by atoms with Gasteiger partial charge in [0.2, 0.25) is 0 Å². The van der Waals surface area contributed by atoms with Crippen LogP contribution in [0.3, 0.4) is 0 Å². The van der Waals surface area contributed by atoms with E-state index in [2.05, 4.69) is 0 Å². The SMILES string of the molecule is Nc1ccc(C(F)(F)F)c([N+](=O)[O-])c1[N+](=O)[O-]. The molecule has 1 rings (SSSR count). The highest BCUT2D eigenvalue weighted by Crippen LogP contribution is 2.43. The minimum atomic E-state index is -5.07. The third-order valence-electron chi connectivity index (χ3n) is 1.85. The molecule has 0 saturated carbocycles. The molecule has 0 aliphatic rings. The van der Waals surface area contributed by atoms with Crippen molar-refractivity contribution in [1.82, 2.24) is 0 Å². The molecule has 0 amide bonds. The number of nitrogen functional groups attached to an aromatic ring is 1. The van der Waals surface area contributed by atoms with Crippen LogP contribution in [0, 0.1) is 20.2 Å². The van der Waals surface area contributed by atoms with Crippen LogP contribution in [-0.2, 0) is 6.18 Å². The zero-order valence-electron chi connectivity index (χ0n) is 7.89. The van der Waals surface area contributed by atoms with Crippen LogP contribution in [0.1, 0.15) is 5.56 Å². The van der Waals surface area contributed by atoms with E-state index in [1.54, 1.807) is 0 Å². The lowest BCUT2D eigenvalue weighted by atomic mass is 10.1. The normalized spacial score (nSPS) is 11.2. The molecule has 92 valence electrons. The maximum Gasteiger partial charge on any atom is 0.423 e. The van der Waals surface area contributed by atoms with Crippen LogP contribution in [0.5, 0.6) is 0 Å². The summed E-state index contributed by atoms with van der Waals surface area (Å²) in [6, 6.07) is 0.939. The topological polar surface area (TPSA) is 112 Å². The Balaban J connectivity index is 3.72. The van der Waals surface area contributed by atoms with Gasteiger partial charge in [0.05, 0.1) is 9.85 Å². The second kappa shape index (κ2) is 3.88. The van der Waals surface area contributed by atoms with Gasteiger partial charge in [-0.15, -0.1) is 0 Å². The smallest absolute Gasteiger partial charge is 0.393 e. The molecule has 0 radical (unpaired) electrons. The average Bonchev–Trinajstić information content (AvgIpc) is 2.14. The number of nitrogens with zero attached hydrogens (tertiary/aromatic N) is 2. The highest BCUT2D eigenvalue weighted by Gasteiger charge is 2.44. The van der Waals surface area contributed by atoms with E-state index in [4.69, 9.17) is 5.73 Å². The number of anilines is 1. The highest BCUT2D eigenvalue weighted by molar-refractivity contribution is 5.72. The lowest BCUT2D eigenvalue weighted by Gasteiger charge is -2.08. The number of nitro benzene ring substituents is 2. The minimum absolute atomic E-state index is 0.334. The molecule has 0 aliphatic heterocycles. The molecule has 0 saturated heterocycles. The Morgan fingerprint density at radius 1 is 1.06 bits per heavy atom. The van der Waals surface area contributed by atoms with E-state index >= 15 is 0 Å². The van der Waals surface area contributed by atoms with Gasteiger partial charge in [-0.25, -0.2) is 0 Å².